The van der Waals surface area contributed by atoms with Crippen LogP contribution in [0.3, 0.4) is 0 Å². The van der Waals surface area contributed by atoms with Crippen molar-refractivity contribution in [3.63, 3.8) is 0 Å². The summed E-state index contributed by atoms with van der Waals surface area (Å²) in [7, 11) is 0. The molecule has 0 radical (unpaired) electrons. The molecule has 0 fully saturated rings. The molecule has 0 aliphatic carbocycles. The summed E-state index contributed by atoms with van der Waals surface area (Å²) >= 11 is 6.08. The van der Waals surface area contributed by atoms with Crippen LogP contribution in [-0.2, 0) is 6.54 Å². The standard InChI is InChI=1S/C30H26ClN3O6/c31-20-4-3-18-12-29(25(30(32)38)11-19(18)10-20)39-17-28(37)26-15-34(9-7-21(36)16-35)27-13-22(5-6-24(26)27)40-23-2-1-8-33-14-23/h1-6,8,10-15,21,35-36H,7,9,16-17H2,(H2,32,38). The van der Waals surface area contributed by atoms with Crippen molar-refractivity contribution in [2.45, 2.75) is 19.1 Å². The molecule has 2 aromatic heterocycles. The number of primary amides is 1. The lowest BCUT2D eigenvalue weighted by Crippen LogP contribution is -2.17. The van der Waals surface area contributed by atoms with Crippen molar-refractivity contribution >= 4 is 45.0 Å². The van der Waals surface area contributed by atoms with Gasteiger partial charge in [0.25, 0.3) is 5.91 Å². The number of aryl methyl sites for hydroxylation is 1. The van der Waals surface area contributed by atoms with Crippen LogP contribution >= 0.6 is 11.6 Å². The number of amides is 1. The maximum absolute atomic E-state index is 13.4. The summed E-state index contributed by atoms with van der Waals surface area (Å²) in [5.41, 5.74) is 6.82. The fourth-order valence-electron chi connectivity index (χ4n) is 4.45. The first-order chi connectivity index (χ1) is 19.3. The monoisotopic (exact) mass is 559 g/mol. The molecule has 10 heteroatoms. The Hall–Kier alpha value is -4.44. The second-order valence-corrected chi connectivity index (χ2v) is 9.68. The zero-order chi connectivity index (χ0) is 28.2. The summed E-state index contributed by atoms with van der Waals surface area (Å²) in [6.07, 6.45) is 4.31. The van der Waals surface area contributed by atoms with Gasteiger partial charge in [0.15, 0.2) is 6.61 Å². The Morgan fingerprint density at radius 3 is 2.62 bits per heavy atom. The molecule has 4 N–H and O–H groups in total. The Kier molecular flexibility index (Phi) is 7.97. The lowest BCUT2D eigenvalue weighted by molar-refractivity contribution is 0.0849. The number of fused-ring (bicyclic) bond motifs is 2. The number of ketones is 1. The van der Waals surface area contributed by atoms with Crippen LogP contribution < -0.4 is 15.2 Å². The van der Waals surface area contributed by atoms with Gasteiger partial charge in [-0.1, -0.05) is 17.7 Å². The highest BCUT2D eigenvalue weighted by Gasteiger charge is 2.19. The largest absolute Gasteiger partial charge is 0.485 e. The first-order valence-corrected chi connectivity index (χ1v) is 12.9. The fourth-order valence-corrected chi connectivity index (χ4v) is 4.63. The number of rotatable bonds is 11. The van der Waals surface area contributed by atoms with Gasteiger partial charge in [0.2, 0.25) is 5.78 Å². The number of aromatic nitrogens is 2. The van der Waals surface area contributed by atoms with E-state index >= 15 is 0 Å². The topological polar surface area (TPSA) is 137 Å². The van der Waals surface area contributed by atoms with Crippen molar-refractivity contribution in [3.05, 3.63) is 95.4 Å². The molecular weight excluding hydrogens is 534 g/mol. The molecule has 0 aliphatic heterocycles. The number of aliphatic hydroxyl groups excluding tert-OH is 2. The normalized spacial score (nSPS) is 12.0. The number of nitrogens with two attached hydrogens (primary N) is 1. The van der Waals surface area contributed by atoms with Crippen molar-refractivity contribution in [2.24, 2.45) is 5.73 Å². The minimum Gasteiger partial charge on any atom is -0.485 e. The van der Waals surface area contributed by atoms with Gasteiger partial charge in [0, 0.05) is 41.0 Å². The van der Waals surface area contributed by atoms with Gasteiger partial charge in [-0.15, -0.1) is 0 Å². The quantitative estimate of drug-likeness (QED) is 0.199. The van der Waals surface area contributed by atoms with Crippen molar-refractivity contribution in [1.82, 2.24) is 9.55 Å². The van der Waals surface area contributed by atoms with Crippen molar-refractivity contribution < 1.29 is 29.3 Å². The van der Waals surface area contributed by atoms with Gasteiger partial charge in [-0.3, -0.25) is 14.6 Å². The fraction of sp³-hybridized carbons (Fsp3) is 0.167. The molecule has 5 rings (SSSR count). The molecular formula is C30H26ClN3O6. The summed E-state index contributed by atoms with van der Waals surface area (Å²) in [5.74, 6) is 0.282. The lowest BCUT2D eigenvalue weighted by Gasteiger charge is -2.11. The molecule has 40 heavy (non-hydrogen) atoms. The van der Waals surface area contributed by atoms with Crippen LogP contribution in [0.2, 0.25) is 5.02 Å². The molecule has 1 amide bonds. The summed E-state index contributed by atoms with van der Waals surface area (Å²) in [6.45, 7) is -0.359. The Labute approximate surface area is 234 Å². The van der Waals surface area contributed by atoms with Crippen LogP contribution in [0, 0.1) is 0 Å². The maximum Gasteiger partial charge on any atom is 0.252 e. The molecule has 0 aliphatic rings. The van der Waals surface area contributed by atoms with E-state index in [1.54, 1.807) is 79.3 Å². The predicted octanol–water partition coefficient (Wildman–Crippen LogP) is 4.74. The second kappa shape index (κ2) is 11.7. The van der Waals surface area contributed by atoms with Crippen LogP contribution in [0.4, 0.5) is 0 Å². The van der Waals surface area contributed by atoms with Gasteiger partial charge >= 0.3 is 0 Å². The minimum atomic E-state index is -0.898. The first kappa shape index (κ1) is 27.1. The van der Waals surface area contributed by atoms with E-state index in [1.165, 1.54) is 0 Å². The third kappa shape index (κ3) is 5.91. The number of hydrogen-bond donors (Lipinski definition) is 3. The molecule has 5 aromatic rings. The number of carbonyl (C=O) groups excluding carboxylic acids is 2. The number of pyridine rings is 1. The van der Waals surface area contributed by atoms with Crippen LogP contribution in [0.25, 0.3) is 21.7 Å². The molecule has 3 aromatic carbocycles. The van der Waals surface area contributed by atoms with Crippen molar-refractivity contribution in [1.29, 1.82) is 0 Å². The van der Waals surface area contributed by atoms with Crippen molar-refractivity contribution in [3.8, 4) is 17.2 Å². The van der Waals surface area contributed by atoms with E-state index in [0.29, 0.717) is 39.5 Å². The summed E-state index contributed by atoms with van der Waals surface area (Å²) in [4.78, 5) is 29.6. The lowest BCUT2D eigenvalue weighted by atomic mass is 10.1. The maximum atomic E-state index is 13.4. The van der Waals surface area contributed by atoms with Crippen LogP contribution in [0.15, 0.2) is 79.3 Å². The molecule has 9 nitrogen and oxygen atoms in total. The third-order valence-corrected chi connectivity index (χ3v) is 6.70. The number of Topliss-reactive ketones (excluding diaryl/α,β-unsaturated/α-hetero) is 1. The van der Waals surface area contributed by atoms with Gasteiger partial charge in [0.1, 0.15) is 17.2 Å². The summed E-state index contributed by atoms with van der Waals surface area (Å²) in [5, 5.41) is 21.8. The van der Waals surface area contributed by atoms with E-state index in [9.17, 15) is 19.8 Å². The Morgan fingerprint density at radius 2 is 1.88 bits per heavy atom. The zero-order valence-corrected chi connectivity index (χ0v) is 22.0. The number of halogens is 1. The Balaban J connectivity index is 1.44. The number of carbonyl (C=O) groups is 2. The van der Waals surface area contributed by atoms with E-state index in [2.05, 4.69) is 4.98 Å². The molecule has 1 unspecified atom stereocenters. The van der Waals surface area contributed by atoms with E-state index in [4.69, 9.17) is 26.8 Å². The molecule has 0 saturated heterocycles. The third-order valence-electron chi connectivity index (χ3n) is 6.46. The van der Waals surface area contributed by atoms with Gasteiger partial charge in [-0.2, -0.15) is 0 Å². The second-order valence-electron chi connectivity index (χ2n) is 9.25. The van der Waals surface area contributed by atoms with E-state index in [1.807, 2.05) is 4.57 Å². The number of hydrogen-bond acceptors (Lipinski definition) is 7. The predicted molar refractivity (Wildman–Crippen MR) is 151 cm³/mol. The molecule has 2 heterocycles. The summed E-state index contributed by atoms with van der Waals surface area (Å²) < 4.78 is 13.6. The first-order valence-electron chi connectivity index (χ1n) is 12.5. The van der Waals surface area contributed by atoms with Gasteiger partial charge < -0.3 is 30.0 Å². The molecule has 0 spiro atoms. The number of ether oxygens (including phenoxy) is 2. The number of aliphatic hydroxyl groups is 2. The molecule has 0 bridgehead atoms. The molecule has 1 atom stereocenters. The van der Waals surface area contributed by atoms with E-state index < -0.39 is 12.0 Å². The average molecular weight is 560 g/mol. The van der Waals surface area contributed by atoms with Crippen LogP contribution in [0.1, 0.15) is 27.1 Å². The minimum absolute atomic E-state index is 0.139. The zero-order valence-electron chi connectivity index (χ0n) is 21.3. The van der Waals surface area contributed by atoms with Crippen LogP contribution in [0.5, 0.6) is 17.2 Å². The van der Waals surface area contributed by atoms with Gasteiger partial charge in [-0.05, 0) is 65.7 Å². The van der Waals surface area contributed by atoms with Gasteiger partial charge in [0.05, 0.1) is 30.0 Å². The van der Waals surface area contributed by atoms with E-state index in [0.717, 1.165) is 10.8 Å². The Morgan fingerprint density at radius 1 is 1.02 bits per heavy atom. The van der Waals surface area contributed by atoms with Crippen LogP contribution in [-0.4, -0.2) is 50.8 Å². The highest BCUT2D eigenvalue weighted by atomic mass is 35.5. The van der Waals surface area contributed by atoms with E-state index in [-0.39, 0.29) is 36.7 Å². The SMILES string of the molecule is NC(=O)c1cc2cc(Cl)ccc2cc1OCC(=O)c1cn(CCC(O)CO)c2cc(Oc3cccnc3)ccc12. The summed E-state index contributed by atoms with van der Waals surface area (Å²) in [6, 6.07) is 17.3. The molecule has 0 saturated carbocycles. The number of benzene rings is 3. The highest BCUT2D eigenvalue weighted by Crippen LogP contribution is 2.31. The van der Waals surface area contributed by atoms with Gasteiger partial charge in [-0.25, -0.2) is 0 Å². The Bertz CT molecular complexity index is 1700. The smallest absolute Gasteiger partial charge is 0.252 e. The average Bonchev–Trinajstić information content (AvgIpc) is 3.32. The highest BCUT2D eigenvalue weighted by molar-refractivity contribution is 6.31. The molecule has 204 valence electrons. The van der Waals surface area contributed by atoms with Crippen molar-refractivity contribution in [2.75, 3.05) is 13.2 Å². The number of nitrogens with zero attached hydrogens (tertiary/aromatic N) is 2.